The van der Waals surface area contributed by atoms with Crippen molar-refractivity contribution in [3.63, 3.8) is 0 Å². The van der Waals surface area contributed by atoms with Crippen LogP contribution < -0.4 is 0 Å². The molecule has 0 N–H and O–H groups in total. The predicted molar refractivity (Wildman–Crippen MR) is 64.7 cm³/mol. The van der Waals surface area contributed by atoms with Crippen molar-refractivity contribution in [2.45, 2.75) is 26.4 Å². The lowest BCUT2D eigenvalue weighted by atomic mass is 9.94. The van der Waals surface area contributed by atoms with Gasteiger partial charge in [0.15, 0.2) is 0 Å². The minimum Gasteiger partial charge on any atom is -0.379 e. The Bertz CT molecular complexity index is 235. The van der Waals surface area contributed by atoms with Gasteiger partial charge in [0, 0.05) is 31.8 Å². The first-order chi connectivity index (χ1) is 7.08. The van der Waals surface area contributed by atoms with Gasteiger partial charge in [0.1, 0.15) is 0 Å². The van der Waals surface area contributed by atoms with Gasteiger partial charge in [-0.05, 0) is 18.4 Å². The molecular formula is C13H23NO. The van der Waals surface area contributed by atoms with E-state index in [0.29, 0.717) is 12.0 Å². The topological polar surface area (TPSA) is 12.5 Å². The maximum atomic E-state index is 5.53. The lowest BCUT2D eigenvalue weighted by molar-refractivity contribution is 0.0731. The fourth-order valence-corrected chi connectivity index (χ4v) is 2.30. The van der Waals surface area contributed by atoms with Crippen LogP contribution in [0.3, 0.4) is 0 Å². The third kappa shape index (κ3) is 3.10. The Kier molecular flexibility index (Phi) is 4.40. The highest BCUT2D eigenvalue weighted by Crippen LogP contribution is 2.27. The molecule has 0 spiro atoms. The SMILES string of the molecule is C=CC(=C)N1C[C@H](CC(C)C)[C@@H](OC)C1. The summed E-state index contributed by atoms with van der Waals surface area (Å²) < 4.78 is 5.53. The number of hydrogen-bond donors (Lipinski definition) is 0. The number of ether oxygens (including phenoxy) is 1. The Morgan fingerprint density at radius 2 is 2.20 bits per heavy atom. The van der Waals surface area contributed by atoms with E-state index in [0.717, 1.165) is 24.7 Å². The molecule has 0 aliphatic carbocycles. The largest absolute Gasteiger partial charge is 0.379 e. The Hall–Kier alpha value is -0.760. The van der Waals surface area contributed by atoms with E-state index >= 15 is 0 Å². The van der Waals surface area contributed by atoms with Crippen LogP contribution in [0.15, 0.2) is 24.9 Å². The lowest BCUT2D eigenvalue weighted by Gasteiger charge is -2.18. The zero-order valence-corrected chi connectivity index (χ0v) is 10.2. The van der Waals surface area contributed by atoms with Gasteiger partial charge in [0.2, 0.25) is 0 Å². The summed E-state index contributed by atoms with van der Waals surface area (Å²) in [6.07, 6.45) is 3.40. The van der Waals surface area contributed by atoms with Crippen LogP contribution in [-0.2, 0) is 4.74 Å². The highest BCUT2D eigenvalue weighted by Gasteiger charge is 2.32. The van der Waals surface area contributed by atoms with Gasteiger partial charge in [0.05, 0.1) is 6.10 Å². The normalized spacial score (nSPS) is 26.0. The molecule has 0 aromatic heterocycles. The Morgan fingerprint density at radius 3 is 2.67 bits per heavy atom. The van der Waals surface area contributed by atoms with Crippen LogP contribution in [0.1, 0.15) is 20.3 Å². The van der Waals surface area contributed by atoms with Gasteiger partial charge in [-0.1, -0.05) is 27.0 Å². The van der Waals surface area contributed by atoms with Gasteiger partial charge in [-0.25, -0.2) is 0 Å². The second kappa shape index (κ2) is 5.36. The maximum Gasteiger partial charge on any atom is 0.0791 e. The second-order valence-electron chi connectivity index (χ2n) is 4.76. The molecule has 2 heteroatoms. The smallest absolute Gasteiger partial charge is 0.0791 e. The van der Waals surface area contributed by atoms with Crippen molar-refractivity contribution in [2.24, 2.45) is 11.8 Å². The molecule has 2 atom stereocenters. The maximum absolute atomic E-state index is 5.53. The van der Waals surface area contributed by atoms with Crippen molar-refractivity contribution < 1.29 is 4.74 Å². The third-order valence-corrected chi connectivity index (χ3v) is 3.10. The number of likely N-dealkylation sites (tertiary alicyclic amines) is 1. The summed E-state index contributed by atoms with van der Waals surface area (Å²) in [5.74, 6) is 1.36. The van der Waals surface area contributed by atoms with Crippen LogP contribution in [0.25, 0.3) is 0 Å². The monoisotopic (exact) mass is 209 g/mol. The van der Waals surface area contributed by atoms with E-state index < -0.39 is 0 Å². The summed E-state index contributed by atoms with van der Waals surface area (Å²) >= 11 is 0. The fraction of sp³-hybridized carbons (Fsp3) is 0.692. The summed E-state index contributed by atoms with van der Waals surface area (Å²) in [5, 5.41) is 0. The molecule has 0 unspecified atom stereocenters. The molecule has 0 aromatic carbocycles. The zero-order chi connectivity index (χ0) is 11.4. The zero-order valence-electron chi connectivity index (χ0n) is 10.2. The molecule has 1 saturated heterocycles. The summed E-state index contributed by atoms with van der Waals surface area (Å²) in [4.78, 5) is 2.27. The molecule has 1 aliphatic heterocycles. The molecule has 0 saturated carbocycles. The summed E-state index contributed by atoms with van der Waals surface area (Å²) in [5.41, 5.74) is 1.02. The van der Waals surface area contributed by atoms with E-state index in [-0.39, 0.29) is 0 Å². The average Bonchev–Trinajstić information content (AvgIpc) is 2.59. The molecule has 1 aliphatic rings. The highest BCUT2D eigenvalue weighted by molar-refractivity contribution is 5.12. The average molecular weight is 209 g/mol. The van der Waals surface area contributed by atoms with Crippen LogP contribution in [0, 0.1) is 11.8 Å². The van der Waals surface area contributed by atoms with Crippen LogP contribution in [0.2, 0.25) is 0 Å². The molecule has 0 radical (unpaired) electrons. The van der Waals surface area contributed by atoms with Crippen LogP contribution in [0.5, 0.6) is 0 Å². The summed E-state index contributed by atoms with van der Waals surface area (Å²) in [7, 11) is 1.80. The van der Waals surface area contributed by atoms with Gasteiger partial charge in [-0.15, -0.1) is 0 Å². The number of rotatable bonds is 5. The van der Waals surface area contributed by atoms with Crippen LogP contribution in [-0.4, -0.2) is 31.2 Å². The number of hydrogen-bond acceptors (Lipinski definition) is 2. The molecular weight excluding hydrogens is 186 g/mol. The number of allylic oxidation sites excluding steroid dienone is 1. The number of methoxy groups -OCH3 is 1. The molecule has 0 amide bonds. The summed E-state index contributed by atoms with van der Waals surface area (Å²) in [6, 6.07) is 0. The van der Waals surface area contributed by atoms with Crippen molar-refractivity contribution in [1.29, 1.82) is 0 Å². The van der Waals surface area contributed by atoms with Crippen molar-refractivity contribution in [1.82, 2.24) is 4.90 Å². The molecule has 0 bridgehead atoms. The highest BCUT2D eigenvalue weighted by atomic mass is 16.5. The van der Waals surface area contributed by atoms with Gasteiger partial charge in [-0.3, -0.25) is 0 Å². The van der Waals surface area contributed by atoms with E-state index in [2.05, 4.69) is 31.9 Å². The van der Waals surface area contributed by atoms with Crippen molar-refractivity contribution in [2.75, 3.05) is 20.2 Å². The molecule has 1 heterocycles. The Labute approximate surface area is 93.6 Å². The molecule has 86 valence electrons. The van der Waals surface area contributed by atoms with Crippen LogP contribution in [0.4, 0.5) is 0 Å². The molecule has 1 fully saturated rings. The lowest BCUT2D eigenvalue weighted by Crippen LogP contribution is -2.22. The van der Waals surface area contributed by atoms with Crippen molar-refractivity contribution >= 4 is 0 Å². The van der Waals surface area contributed by atoms with Crippen molar-refractivity contribution in [3.8, 4) is 0 Å². The molecule has 2 nitrogen and oxygen atoms in total. The van der Waals surface area contributed by atoms with Gasteiger partial charge in [-0.2, -0.15) is 0 Å². The molecule has 15 heavy (non-hydrogen) atoms. The van der Waals surface area contributed by atoms with Gasteiger partial charge in [0.25, 0.3) is 0 Å². The number of nitrogens with zero attached hydrogens (tertiary/aromatic N) is 1. The fourth-order valence-electron chi connectivity index (χ4n) is 2.30. The van der Waals surface area contributed by atoms with Gasteiger partial charge < -0.3 is 9.64 Å². The Balaban J connectivity index is 2.58. The van der Waals surface area contributed by atoms with E-state index in [9.17, 15) is 0 Å². The van der Waals surface area contributed by atoms with Crippen LogP contribution >= 0.6 is 0 Å². The first-order valence-electron chi connectivity index (χ1n) is 5.67. The van der Waals surface area contributed by atoms with E-state index in [1.54, 1.807) is 7.11 Å². The molecule has 1 rings (SSSR count). The quantitative estimate of drug-likeness (QED) is 0.645. The minimum absolute atomic E-state index is 0.351. The first-order valence-corrected chi connectivity index (χ1v) is 5.67. The first kappa shape index (κ1) is 12.3. The molecule has 0 aromatic rings. The van der Waals surface area contributed by atoms with Crippen molar-refractivity contribution in [3.05, 3.63) is 24.9 Å². The predicted octanol–water partition coefficient (Wildman–Crippen LogP) is 2.68. The van der Waals surface area contributed by atoms with E-state index in [4.69, 9.17) is 4.74 Å². The van der Waals surface area contributed by atoms with Gasteiger partial charge >= 0.3 is 0 Å². The standard InChI is InChI=1S/C13H23NO/c1-6-11(4)14-8-12(7-10(2)3)13(9-14)15-5/h6,10,12-13H,1,4,7-9H2,2-3,5H3/t12-,13-/m0/s1. The van der Waals surface area contributed by atoms with E-state index in [1.807, 2.05) is 6.08 Å². The minimum atomic E-state index is 0.351. The second-order valence-corrected chi connectivity index (χ2v) is 4.76. The Morgan fingerprint density at radius 1 is 1.53 bits per heavy atom. The summed E-state index contributed by atoms with van der Waals surface area (Å²) in [6.45, 7) is 14.3. The van der Waals surface area contributed by atoms with E-state index in [1.165, 1.54) is 6.42 Å². The third-order valence-electron chi connectivity index (χ3n) is 3.10.